The first-order valence-corrected chi connectivity index (χ1v) is 5.82. The minimum Gasteiger partial charge on any atom is -0.475 e. The summed E-state index contributed by atoms with van der Waals surface area (Å²) in [7, 11) is 0. The van der Waals surface area contributed by atoms with Crippen LogP contribution in [0.5, 0.6) is 5.75 Å². The first-order chi connectivity index (χ1) is 8.92. The van der Waals surface area contributed by atoms with Gasteiger partial charge in [-0.15, -0.1) is 0 Å². The van der Waals surface area contributed by atoms with Crippen molar-refractivity contribution in [2.75, 3.05) is 6.61 Å². The average molecular weight is 267 g/mol. The lowest BCUT2D eigenvalue weighted by atomic mass is 10.1. The number of para-hydroxylation sites is 1. The number of amides is 1. The molecule has 0 bridgehead atoms. The van der Waals surface area contributed by atoms with E-state index in [9.17, 15) is 9.59 Å². The second kappa shape index (κ2) is 6.19. The Morgan fingerprint density at radius 3 is 2.53 bits per heavy atom. The lowest BCUT2D eigenvalue weighted by Gasteiger charge is -2.25. The maximum absolute atomic E-state index is 11.7. The van der Waals surface area contributed by atoms with E-state index in [0.717, 1.165) is 0 Å². The summed E-state index contributed by atoms with van der Waals surface area (Å²) in [5.41, 5.74) is 0.420. The SMILES string of the molecule is CCOC(=O)C(C)(C)Oc1ccccc1C(=O)NO. The molecule has 0 unspecified atom stereocenters. The number of benzene rings is 1. The van der Waals surface area contributed by atoms with Gasteiger partial charge in [0, 0.05) is 0 Å². The maximum Gasteiger partial charge on any atom is 0.349 e. The summed E-state index contributed by atoms with van der Waals surface area (Å²) >= 11 is 0. The first kappa shape index (κ1) is 15.0. The van der Waals surface area contributed by atoms with E-state index < -0.39 is 17.5 Å². The Labute approximate surface area is 111 Å². The topological polar surface area (TPSA) is 84.9 Å². The third kappa shape index (κ3) is 3.69. The molecule has 19 heavy (non-hydrogen) atoms. The van der Waals surface area contributed by atoms with Crippen LogP contribution in [0.2, 0.25) is 0 Å². The van der Waals surface area contributed by atoms with Crippen LogP contribution < -0.4 is 10.2 Å². The molecule has 0 radical (unpaired) electrons. The van der Waals surface area contributed by atoms with E-state index in [2.05, 4.69) is 0 Å². The van der Waals surface area contributed by atoms with E-state index in [1.54, 1.807) is 32.9 Å². The van der Waals surface area contributed by atoms with Crippen molar-refractivity contribution in [3.63, 3.8) is 0 Å². The zero-order valence-corrected chi connectivity index (χ0v) is 11.1. The summed E-state index contributed by atoms with van der Waals surface area (Å²) in [6.07, 6.45) is 0. The molecule has 6 nitrogen and oxygen atoms in total. The summed E-state index contributed by atoms with van der Waals surface area (Å²) in [6.45, 7) is 5.02. The zero-order valence-electron chi connectivity index (χ0n) is 11.1. The fraction of sp³-hybridized carbons (Fsp3) is 0.385. The first-order valence-electron chi connectivity index (χ1n) is 5.82. The van der Waals surface area contributed by atoms with Gasteiger partial charge in [0.05, 0.1) is 12.2 Å². The predicted octanol–water partition coefficient (Wildman–Crippen LogP) is 1.53. The Bertz CT molecular complexity index is 470. The molecule has 1 aromatic rings. The molecule has 6 heteroatoms. The van der Waals surface area contributed by atoms with Gasteiger partial charge in [-0.1, -0.05) is 12.1 Å². The highest BCUT2D eigenvalue weighted by atomic mass is 16.6. The van der Waals surface area contributed by atoms with Gasteiger partial charge in [0.2, 0.25) is 0 Å². The Morgan fingerprint density at radius 2 is 1.95 bits per heavy atom. The third-order valence-corrected chi connectivity index (χ3v) is 2.37. The van der Waals surface area contributed by atoms with Crippen molar-refractivity contribution in [2.45, 2.75) is 26.4 Å². The molecule has 1 amide bonds. The quantitative estimate of drug-likeness (QED) is 0.480. The van der Waals surface area contributed by atoms with Crippen LogP contribution in [-0.4, -0.2) is 29.3 Å². The van der Waals surface area contributed by atoms with Gasteiger partial charge in [0.15, 0.2) is 5.60 Å². The zero-order chi connectivity index (χ0) is 14.5. The Morgan fingerprint density at radius 1 is 1.32 bits per heavy atom. The van der Waals surface area contributed by atoms with E-state index in [-0.39, 0.29) is 17.9 Å². The second-order valence-electron chi connectivity index (χ2n) is 4.27. The van der Waals surface area contributed by atoms with Crippen LogP contribution in [-0.2, 0) is 9.53 Å². The molecule has 0 aliphatic rings. The lowest BCUT2D eigenvalue weighted by molar-refractivity contribution is -0.158. The normalized spacial score (nSPS) is 10.7. The minimum absolute atomic E-state index is 0.127. The Hall–Kier alpha value is -2.08. The molecule has 0 aliphatic heterocycles. The van der Waals surface area contributed by atoms with Crippen LogP contribution >= 0.6 is 0 Å². The number of carbonyl (C=O) groups is 2. The van der Waals surface area contributed by atoms with Crippen molar-refractivity contribution >= 4 is 11.9 Å². The van der Waals surface area contributed by atoms with Gasteiger partial charge >= 0.3 is 5.97 Å². The van der Waals surface area contributed by atoms with Crippen LogP contribution in [0.3, 0.4) is 0 Å². The molecule has 1 rings (SSSR count). The van der Waals surface area contributed by atoms with Crippen molar-refractivity contribution in [1.29, 1.82) is 0 Å². The van der Waals surface area contributed by atoms with Crippen molar-refractivity contribution in [3.8, 4) is 5.75 Å². The molecule has 104 valence electrons. The van der Waals surface area contributed by atoms with Gasteiger partial charge < -0.3 is 9.47 Å². The van der Waals surface area contributed by atoms with E-state index in [4.69, 9.17) is 14.7 Å². The van der Waals surface area contributed by atoms with Gasteiger partial charge in [-0.2, -0.15) is 0 Å². The fourth-order valence-electron chi connectivity index (χ4n) is 1.42. The monoisotopic (exact) mass is 267 g/mol. The van der Waals surface area contributed by atoms with Gasteiger partial charge in [-0.05, 0) is 32.9 Å². The van der Waals surface area contributed by atoms with E-state index >= 15 is 0 Å². The summed E-state index contributed by atoms with van der Waals surface area (Å²) < 4.78 is 10.4. The maximum atomic E-state index is 11.7. The Balaban J connectivity index is 2.99. The highest BCUT2D eigenvalue weighted by Gasteiger charge is 2.32. The van der Waals surface area contributed by atoms with Crippen molar-refractivity contribution in [2.24, 2.45) is 0 Å². The van der Waals surface area contributed by atoms with Gasteiger partial charge in [-0.25, -0.2) is 10.3 Å². The van der Waals surface area contributed by atoms with Crippen LogP contribution in [0.25, 0.3) is 0 Å². The number of nitrogens with one attached hydrogen (secondary N) is 1. The number of rotatable bonds is 5. The van der Waals surface area contributed by atoms with Crippen LogP contribution in [0.4, 0.5) is 0 Å². The number of hydroxylamine groups is 1. The number of ether oxygens (including phenoxy) is 2. The van der Waals surface area contributed by atoms with Crippen LogP contribution in [0.1, 0.15) is 31.1 Å². The molecular formula is C13H17NO5. The van der Waals surface area contributed by atoms with Crippen LogP contribution in [0.15, 0.2) is 24.3 Å². The number of hydrogen-bond donors (Lipinski definition) is 2. The fourth-order valence-corrected chi connectivity index (χ4v) is 1.42. The van der Waals surface area contributed by atoms with E-state index in [1.807, 2.05) is 0 Å². The lowest BCUT2D eigenvalue weighted by Crippen LogP contribution is -2.40. The number of hydrogen-bond acceptors (Lipinski definition) is 5. The summed E-state index contributed by atoms with van der Waals surface area (Å²) in [5, 5.41) is 8.66. The van der Waals surface area contributed by atoms with Crippen molar-refractivity contribution < 1.29 is 24.3 Å². The standard InChI is InChI=1S/C13H17NO5/c1-4-18-12(16)13(2,3)19-10-8-6-5-7-9(10)11(15)14-17/h5-8,17H,4H2,1-3H3,(H,14,15). The highest BCUT2D eigenvalue weighted by Crippen LogP contribution is 2.24. The molecule has 0 spiro atoms. The van der Waals surface area contributed by atoms with Crippen LogP contribution in [0, 0.1) is 0 Å². The molecule has 0 fully saturated rings. The minimum atomic E-state index is -1.23. The molecule has 0 aliphatic carbocycles. The smallest absolute Gasteiger partial charge is 0.349 e. The predicted molar refractivity (Wildman–Crippen MR) is 67.0 cm³/mol. The number of esters is 1. The van der Waals surface area contributed by atoms with Gasteiger partial charge in [0.1, 0.15) is 5.75 Å². The summed E-state index contributed by atoms with van der Waals surface area (Å²) in [6, 6.07) is 6.28. The summed E-state index contributed by atoms with van der Waals surface area (Å²) in [5.74, 6) is -1.06. The molecule has 1 aromatic carbocycles. The van der Waals surface area contributed by atoms with E-state index in [0.29, 0.717) is 0 Å². The Kier molecular flexibility index (Phi) is 4.88. The third-order valence-electron chi connectivity index (χ3n) is 2.37. The molecule has 2 N–H and O–H groups in total. The van der Waals surface area contributed by atoms with E-state index in [1.165, 1.54) is 17.6 Å². The van der Waals surface area contributed by atoms with Gasteiger partial charge in [0.25, 0.3) is 5.91 Å². The molecule has 0 saturated carbocycles. The van der Waals surface area contributed by atoms with Gasteiger partial charge in [-0.3, -0.25) is 10.0 Å². The summed E-state index contributed by atoms with van der Waals surface area (Å²) in [4.78, 5) is 23.2. The second-order valence-corrected chi connectivity index (χ2v) is 4.27. The molecule has 0 aromatic heterocycles. The molecule has 0 saturated heterocycles. The largest absolute Gasteiger partial charge is 0.475 e. The highest BCUT2D eigenvalue weighted by molar-refractivity contribution is 5.96. The van der Waals surface area contributed by atoms with Crippen molar-refractivity contribution in [3.05, 3.63) is 29.8 Å². The van der Waals surface area contributed by atoms with Crippen molar-refractivity contribution in [1.82, 2.24) is 5.48 Å². The number of carbonyl (C=O) groups excluding carboxylic acids is 2. The average Bonchev–Trinajstić information content (AvgIpc) is 2.38. The molecule has 0 heterocycles. The molecular weight excluding hydrogens is 250 g/mol. The molecule has 0 atom stereocenters.